The van der Waals surface area contributed by atoms with Crippen molar-refractivity contribution < 1.29 is 28.7 Å². The van der Waals surface area contributed by atoms with E-state index in [1.807, 2.05) is 20.8 Å². The molecule has 4 amide bonds. The van der Waals surface area contributed by atoms with Crippen LogP contribution in [0.3, 0.4) is 0 Å². The van der Waals surface area contributed by atoms with Gasteiger partial charge in [-0.3, -0.25) is 19.2 Å². The Morgan fingerprint density at radius 1 is 0.891 bits per heavy atom. The summed E-state index contributed by atoms with van der Waals surface area (Å²) in [5.74, 6) is -0.0825. The molecule has 46 heavy (non-hydrogen) atoms. The number of alkyl carbamates (subject to hydrolysis) is 1. The second-order valence-corrected chi connectivity index (χ2v) is 12.3. The first-order chi connectivity index (χ1) is 21.4. The molecule has 10 nitrogen and oxygen atoms in total. The third-order valence-electron chi connectivity index (χ3n) is 8.29. The standard InChI is InChI=1S/C17H35NO2.C13H22N2O2.C3H5NO2.C2H6.CH4/c1-6-9-12-14(4)20-17(19)18-15(5)16(11-8-3)13-10-7-2;1-10(8-11-4-2-5-11)14-13(17)12-6-3-7-15(12)9-16;1-2(5)3(4)6;1-2;/h14-16H,6-13H2,1-5H3,(H,18,19);9-12H,2-8H2,1H3,(H,14,17);1H3,(H2,4,6);1-2H3;1H4. The van der Waals surface area contributed by atoms with E-state index in [-0.39, 0.29) is 43.7 Å². The van der Waals surface area contributed by atoms with Crippen molar-refractivity contribution in [3.63, 3.8) is 0 Å². The number of hydrogen-bond acceptors (Lipinski definition) is 6. The lowest BCUT2D eigenvalue weighted by Crippen LogP contribution is -2.46. The predicted molar refractivity (Wildman–Crippen MR) is 189 cm³/mol. The van der Waals surface area contributed by atoms with Crippen molar-refractivity contribution in [1.29, 1.82) is 0 Å². The van der Waals surface area contributed by atoms with Gasteiger partial charge in [0, 0.05) is 25.6 Å². The molecule has 0 radical (unpaired) electrons. The topological polar surface area (TPSA) is 148 Å². The van der Waals surface area contributed by atoms with Crippen LogP contribution >= 0.6 is 0 Å². The molecule has 1 heterocycles. The minimum absolute atomic E-state index is 0. The van der Waals surface area contributed by atoms with Gasteiger partial charge in [0.15, 0.2) is 0 Å². The molecule has 5 atom stereocenters. The molecule has 2 aliphatic rings. The molecule has 2 rings (SSSR count). The highest BCUT2D eigenvalue weighted by Gasteiger charge is 2.31. The van der Waals surface area contributed by atoms with Crippen molar-refractivity contribution in [2.24, 2.45) is 17.6 Å². The van der Waals surface area contributed by atoms with Gasteiger partial charge in [0.25, 0.3) is 5.91 Å². The van der Waals surface area contributed by atoms with Gasteiger partial charge in [-0.15, -0.1) is 0 Å². The van der Waals surface area contributed by atoms with Crippen molar-refractivity contribution in [2.75, 3.05) is 6.54 Å². The Morgan fingerprint density at radius 2 is 1.46 bits per heavy atom. The molecule has 5 unspecified atom stereocenters. The maximum Gasteiger partial charge on any atom is 0.407 e. The van der Waals surface area contributed by atoms with Gasteiger partial charge in [-0.2, -0.15) is 0 Å². The van der Waals surface area contributed by atoms with E-state index >= 15 is 0 Å². The molecule has 1 aliphatic heterocycles. The molecule has 0 spiro atoms. The minimum Gasteiger partial charge on any atom is -0.447 e. The summed E-state index contributed by atoms with van der Waals surface area (Å²) in [6.07, 6.45) is 16.5. The van der Waals surface area contributed by atoms with Crippen molar-refractivity contribution in [3.8, 4) is 0 Å². The molecule has 272 valence electrons. The van der Waals surface area contributed by atoms with Gasteiger partial charge in [0.1, 0.15) is 12.1 Å². The summed E-state index contributed by atoms with van der Waals surface area (Å²) in [6, 6.07) is 0.214. The van der Waals surface area contributed by atoms with Gasteiger partial charge >= 0.3 is 6.09 Å². The van der Waals surface area contributed by atoms with Crippen molar-refractivity contribution >= 4 is 30.1 Å². The highest BCUT2D eigenvalue weighted by Crippen LogP contribution is 2.30. The van der Waals surface area contributed by atoms with Gasteiger partial charge in [0.2, 0.25) is 18.1 Å². The van der Waals surface area contributed by atoms with Gasteiger partial charge in [0.05, 0.1) is 0 Å². The summed E-state index contributed by atoms with van der Waals surface area (Å²) in [5.41, 5.74) is 4.45. The number of hydrogen-bond donors (Lipinski definition) is 3. The molecular weight excluding hydrogens is 584 g/mol. The Bertz CT molecular complexity index is 808. The summed E-state index contributed by atoms with van der Waals surface area (Å²) >= 11 is 0. The van der Waals surface area contributed by atoms with Gasteiger partial charge in [-0.25, -0.2) is 4.79 Å². The molecule has 1 aliphatic carbocycles. The highest BCUT2D eigenvalue weighted by atomic mass is 16.6. The fourth-order valence-electron chi connectivity index (χ4n) is 5.38. The Hall–Kier alpha value is -2.65. The van der Waals surface area contributed by atoms with Crippen LogP contribution in [0.2, 0.25) is 0 Å². The molecule has 4 N–H and O–H groups in total. The molecule has 10 heteroatoms. The number of nitrogens with two attached hydrogens (primary N) is 1. The monoisotopic (exact) mass is 657 g/mol. The van der Waals surface area contributed by atoms with Crippen LogP contribution in [-0.4, -0.2) is 65.8 Å². The van der Waals surface area contributed by atoms with Crippen LogP contribution in [0.1, 0.15) is 160 Å². The van der Waals surface area contributed by atoms with Gasteiger partial charge in [-0.05, 0) is 71.1 Å². The molecule has 0 aromatic carbocycles. The van der Waals surface area contributed by atoms with Crippen LogP contribution in [0.5, 0.6) is 0 Å². The molecular formula is C36H72N4O6. The fraction of sp³-hybridized carbons (Fsp3) is 0.861. The second-order valence-electron chi connectivity index (χ2n) is 12.3. The highest BCUT2D eigenvalue weighted by molar-refractivity contribution is 6.34. The zero-order valence-corrected chi connectivity index (χ0v) is 30.1. The van der Waals surface area contributed by atoms with Crippen molar-refractivity contribution in [1.82, 2.24) is 15.5 Å². The lowest BCUT2D eigenvalue weighted by atomic mass is 9.81. The SMILES string of the molecule is C.CC.CC(=O)C(N)=O.CC(CC1CCC1)NC(=O)C1CCCN1C=O.CCCCC(C)OC(=O)NC(C)C(CCC)CCCC. The fourth-order valence-corrected chi connectivity index (χ4v) is 5.38. The van der Waals surface area contributed by atoms with E-state index in [9.17, 15) is 24.0 Å². The number of likely N-dealkylation sites (tertiary alicyclic amines) is 1. The molecule has 0 bridgehead atoms. The largest absolute Gasteiger partial charge is 0.447 e. The van der Waals surface area contributed by atoms with E-state index in [1.165, 1.54) is 51.4 Å². The first kappa shape index (κ1) is 47.8. The van der Waals surface area contributed by atoms with E-state index in [1.54, 1.807) is 4.90 Å². The number of Topliss-reactive ketones (excluding diaryl/α,β-unsaturated/α-hetero) is 1. The quantitative estimate of drug-likeness (QED) is 0.110. The van der Waals surface area contributed by atoms with Gasteiger partial charge < -0.3 is 26.0 Å². The Morgan fingerprint density at radius 3 is 1.91 bits per heavy atom. The van der Waals surface area contributed by atoms with Gasteiger partial charge in [-0.1, -0.05) is 93.4 Å². The zero-order chi connectivity index (χ0) is 34.8. The van der Waals surface area contributed by atoms with Crippen LogP contribution in [0.15, 0.2) is 0 Å². The average molecular weight is 657 g/mol. The summed E-state index contributed by atoms with van der Waals surface area (Å²) in [4.78, 5) is 55.5. The number of nitrogens with zero attached hydrogens (tertiary/aromatic N) is 1. The normalized spacial score (nSPS) is 17.6. The molecule has 2 fully saturated rings. The lowest BCUT2D eigenvalue weighted by molar-refractivity contribution is -0.134. The second kappa shape index (κ2) is 29.7. The van der Waals surface area contributed by atoms with E-state index < -0.39 is 11.7 Å². The molecule has 1 saturated heterocycles. The Balaban J connectivity index is -0.000000645. The molecule has 1 saturated carbocycles. The van der Waals surface area contributed by atoms with Crippen molar-refractivity contribution in [3.05, 3.63) is 0 Å². The smallest absolute Gasteiger partial charge is 0.407 e. The molecule has 0 aromatic heterocycles. The zero-order valence-electron chi connectivity index (χ0n) is 30.1. The number of unbranched alkanes of at least 4 members (excludes halogenated alkanes) is 2. The van der Waals surface area contributed by atoms with Crippen LogP contribution in [0.25, 0.3) is 0 Å². The third-order valence-corrected chi connectivity index (χ3v) is 8.29. The number of rotatable bonds is 17. The lowest BCUT2D eigenvalue weighted by Gasteiger charge is -2.29. The predicted octanol–water partition coefficient (Wildman–Crippen LogP) is 7.31. The van der Waals surface area contributed by atoms with E-state index in [0.29, 0.717) is 5.92 Å². The Kier molecular flexibility index (Phi) is 30.9. The van der Waals surface area contributed by atoms with Crippen LogP contribution < -0.4 is 16.4 Å². The van der Waals surface area contributed by atoms with Crippen molar-refractivity contribution in [2.45, 2.75) is 184 Å². The molecule has 0 aromatic rings. The van der Waals surface area contributed by atoms with Crippen LogP contribution in [-0.2, 0) is 23.9 Å². The Labute approximate surface area is 282 Å². The summed E-state index contributed by atoms with van der Waals surface area (Å²) in [5, 5.41) is 6.07. The number of primary amides is 1. The summed E-state index contributed by atoms with van der Waals surface area (Å²) in [7, 11) is 0. The van der Waals surface area contributed by atoms with E-state index in [0.717, 1.165) is 64.3 Å². The maximum atomic E-state index is 12.0. The number of ketones is 1. The minimum atomic E-state index is -0.880. The number of amides is 4. The maximum absolute atomic E-state index is 12.0. The number of nitrogens with one attached hydrogen (secondary N) is 2. The summed E-state index contributed by atoms with van der Waals surface area (Å²) in [6.45, 7) is 18.6. The number of carbonyl (C=O) groups is 5. The number of carbonyl (C=O) groups excluding carboxylic acids is 5. The average Bonchev–Trinajstić information content (AvgIpc) is 3.47. The van der Waals surface area contributed by atoms with E-state index in [2.05, 4.69) is 51.0 Å². The van der Waals surface area contributed by atoms with E-state index in [4.69, 9.17) is 4.74 Å². The summed E-state index contributed by atoms with van der Waals surface area (Å²) < 4.78 is 5.41. The van der Waals surface area contributed by atoms with Crippen LogP contribution in [0.4, 0.5) is 4.79 Å². The first-order valence-electron chi connectivity index (χ1n) is 17.7. The first-order valence-corrected chi connectivity index (χ1v) is 17.7. The third kappa shape index (κ3) is 22.8. The number of ether oxygens (including phenoxy) is 1. The van der Waals surface area contributed by atoms with Crippen LogP contribution in [0, 0.1) is 11.8 Å².